The normalized spacial score (nSPS) is 18.2. The van der Waals surface area contributed by atoms with Crippen molar-refractivity contribution < 1.29 is 51.6 Å². The second kappa shape index (κ2) is 8.99. The maximum atomic E-state index is 9.78. The minimum atomic E-state index is -0.404. The predicted molar refractivity (Wildman–Crippen MR) is 67.3 cm³/mol. The molecule has 0 amide bonds. The van der Waals surface area contributed by atoms with E-state index >= 15 is 0 Å². The first-order valence-corrected chi connectivity index (χ1v) is 5.73. The summed E-state index contributed by atoms with van der Waals surface area (Å²) in [6.45, 7) is 6.12. The Hall–Kier alpha value is -0.0457. The SMILES string of the molecule is CC1=C(C)C(c2ccccc2C(C)O)C=C1.[Cl-].[Cl-].[Ti+2]. The third kappa shape index (κ3) is 4.48. The first-order chi connectivity index (χ1) is 7.61. The predicted octanol–water partition coefficient (Wildman–Crippen LogP) is -2.26. The second-order valence-corrected chi connectivity index (χ2v) is 4.51. The summed E-state index contributed by atoms with van der Waals surface area (Å²) in [7, 11) is 0. The molecule has 1 aromatic carbocycles. The molecule has 1 N–H and O–H groups in total. The summed E-state index contributed by atoms with van der Waals surface area (Å²) in [5.74, 6) is 0.339. The van der Waals surface area contributed by atoms with Crippen LogP contribution in [0.4, 0.5) is 0 Å². The number of halogens is 2. The Bertz CT molecular complexity index is 467. The average Bonchev–Trinajstić information content (AvgIpc) is 2.60. The molecule has 4 heteroatoms. The van der Waals surface area contributed by atoms with Crippen LogP contribution in [0.2, 0.25) is 0 Å². The molecule has 0 aliphatic heterocycles. The number of hydrogen-bond donors (Lipinski definition) is 1. The number of rotatable bonds is 2. The van der Waals surface area contributed by atoms with E-state index in [9.17, 15) is 5.11 Å². The maximum Gasteiger partial charge on any atom is 2.00 e. The first-order valence-electron chi connectivity index (χ1n) is 5.73. The zero-order valence-corrected chi connectivity index (χ0v) is 14.4. The van der Waals surface area contributed by atoms with E-state index in [1.54, 1.807) is 0 Å². The molecule has 0 saturated heterocycles. The van der Waals surface area contributed by atoms with Gasteiger partial charge in [0, 0.05) is 5.92 Å². The van der Waals surface area contributed by atoms with Crippen LogP contribution in [0.25, 0.3) is 0 Å². The summed E-state index contributed by atoms with van der Waals surface area (Å²) in [4.78, 5) is 0. The monoisotopic (exact) mass is 332 g/mol. The van der Waals surface area contributed by atoms with Crippen molar-refractivity contribution in [1.82, 2.24) is 0 Å². The standard InChI is InChI=1S/C15H18O.2ClH.Ti/c1-10-8-9-13(11(10)2)15-7-5-4-6-14(15)12(3)16;;;/h4-9,12-13,16H,1-3H3;2*1H;/q;;;+2/p-2. The molecule has 1 aromatic rings. The van der Waals surface area contributed by atoms with Crippen LogP contribution >= 0.6 is 0 Å². The molecule has 0 fully saturated rings. The van der Waals surface area contributed by atoms with Gasteiger partial charge in [-0.2, -0.15) is 0 Å². The Morgan fingerprint density at radius 3 is 2.16 bits per heavy atom. The molecule has 19 heavy (non-hydrogen) atoms. The van der Waals surface area contributed by atoms with Crippen molar-refractivity contribution in [2.75, 3.05) is 0 Å². The van der Waals surface area contributed by atoms with Gasteiger partial charge < -0.3 is 29.9 Å². The smallest absolute Gasteiger partial charge is 1.00 e. The van der Waals surface area contributed by atoms with E-state index in [1.807, 2.05) is 25.1 Å². The topological polar surface area (TPSA) is 20.2 Å². The van der Waals surface area contributed by atoms with Gasteiger partial charge in [0.2, 0.25) is 0 Å². The summed E-state index contributed by atoms with van der Waals surface area (Å²) in [5.41, 5.74) is 4.98. The van der Waals surface area contributed by atoms with Gasteiger partial charge in [0.15, 0.2) is 0 Å². The molecule has 2 atom stereocenters. The van der Waals surface area contributed by atoms with Crippen molar-refractivity contribution >= 4 is 0 Å². The van der Waals surface area contributed by atoms with Gasteiger partial charge in [0.25, 0.3) is 0 Å². The van der Waals surface area contributed by atoms with Crippen molar-refractivity contribution in [3.63, 3.8) is 0 Å². The molecule has 0 bridgehead atoms. The van der Waals surface area contributed by atoms with E-state index in [0.717, 1.165) is 5.56 Å². The zero-order chi connectivity index (χ0) is 11.7. The number of allylic oxidation sites excluding steroid dienone is 4. The molecule has 0 saturated carbocycles. The maximum absolute atomic E-state index is 9.78. The van der Waals surface area contributed by atoms with Crippen LogP contribution in [0.1, 0.15) is 43.9 Å². The fourth-order valence-corrected chi connectivity index (χ4v) is 2.27. The van der Waals surface area contributed by atoms with Gasteiger partial charge in [-0.1, -0.05) is 47.6 Å². The molecular formula is C15H18Cl2OTi. The van der Waals surface area contributed by atoms with Gasteiger partial charge in [-0.05, 0) is 31.9 Å². The molecule has 2 unspecified atom stereocenters. The summed E-state index contributed by atoms with van der Waals surface area (Å²) >= 11 is 0. The Morgan fingerprint density at radius 2 is 1.68 bits per heavy atom. The fourth-order valence-electron chi connectivity index (χ4n) is 2.27. The van der Waals surface area contributed by atoms with E-state index in [2.05, 4.69) is 32.1 Å². The zero-order valence-electron chi connectivity index (χ0n) is 11.3. The molecular weight excluding hydrogens is 315 g/mol. The third-order valence-electron chi connectivity index (χ3n) is 3.41. The van der Waals surface area contributed by atoms with Crippen LogP contribution in [0.15, 0.2) is 47.6 Å². The van der Waals surface area contributed by atoms with Gasteiger partial charge in [0.05, 0.1) is 6.10 Å². The van der Waals surface area contributed by atoms with Crippen LogP contribution in [-0.2, 0) is 21.7 Å². The number of hydrogen-bond acceptors (Lipinski definition) is 1. The van der Waals surface area contributed by atoms with E-state index in [-0.39, 0.29) is 46.5 Å². The van der Waals surface area contributed by atoms with E-state index in [1.165, 1.54) is 16.7 Å². The van der Waals surface area contributed by atoms with Crippen molar-refractivity contribution in [3.05, 3.63) is 58.7 Å². The molecule has 1 aliphatic carbocycles. The van der Waals surface area contributed by atoms with Gasteiger partial charge in [-0.3, -0.25) is 0 Å². The Morgan fingerprint density at radius 1 is 1.11 bits per heavy atom. The first kappa shape index (κ1) is 21.3. The van der Waals surface area contributed by atoms with Crippen molar-refractivity contribution in [1.29, 1.82) is 0 Å². The molecule has 0 heterocycles. The van der Waals surface area contributed by atoms with Crippen LogP contribution in [-0.4, -0.2) is 5.11 Å². The second-order valence-electron chi connectivity index (χ2n) is 4.51. The van der Waals surface area contributed by atoms with E-state index < -0.39 is 6.10 Å². The number of aliphatic hydroxyl groups is 1. The minimum Gasteiger partial charge on any atom is -1.00 e. The Kier molecular flexibility index (Phi) is 10.1. The molecule has 0 aromatic heterocycles. The van der Waals surface area contributed by atoms with Gasteiger partial charge in [0.1, 0.15) is 0 Å². The quantitative estimate of drug-likeness (QED) is 0.606. The van der Waals surface area contributed by atoms with Crippen molar-refractivity contribution in [3.8, 4) is 0 Å². The molecule has 1 aliphatic rings. The van der Waals surface area contributed by atoms with Crippen molar-refractivity contribution in [2.24, 2.45) is 0 Å². The van der Waals surface area contributed by atoms with E-state index in [0.29, 0.717) is 5.92 Å². The van der Waals surface area contributed by atoms with Crippen LogP contribution in [0.5, 0.6) is 0 Å². The molecule has 102 valence electrons. The molecule has 2 rings (SSSR count). The van der Waals surface area contributed by atoms with Gasteiger partial charge in [-0.15, -0.1) is 0 Å². The molecule has 0 spiro atoms. The molecule has 1 nitrogen and oxygen atoms in total. The van der Waals surface area contributed by atoms with Crippen LogP contribution in [0, 0.1) is 0 Å². The number of aliphatic hydroxyl groups excluding tert-OH is 1. The van der Waals surface area contributed by atoms with Crippen LogP contribution in [0.3, 0.4) is 0 Å². The summed E-state index contributed by atoms with van der Waals surface area (Å²) in [5, 5.41) is 9.78. The average molecular weight is 333 g/mol. The van der Waals surface area contributed by atoms with Gasteiger partial charge in [-0.25, -0.2) is 0 Å². The molecule has 0 radical (unpaired) electrons. The Labute approximate surface area is 142 Å². The third-order valence-corrected chi connectivity index (χ3v) is 3.41. The van der Waals surface area contributed by atoms with Gasteiger partial charge >= 0.3 is 21.7 Å². The summed E-state index contributed by atoms with van der Waals surface area (Å²) < 4.78 is 0. The van der Waals surface area contributed by atoms with Crippen LogP contribution < -0.4 is 24.8 Å². The largest absolute Gasteiger partial charge is 2.00 e. The van der Waals surface area contributed by atoms with Crippen molar-refractivity contribution in [2.45, 2.75) is 32.8 Å². The minimum absolute atomic E-state index is 0. The fraction of sp³-hybridized carbons (Fsp3) is 0.333. The number of benzene rings is 1. The summed E-state index contributed by atoms with van der Waals surface area (Å²) in [6, 6.07) is 8.14. The van der Waals surface area contributed by atoms with E-state index in [4.69, 9.17) is 0 Å². The Balaban J connectivity index is 0. The summed E-state index contributed by atoms with van der Waals surface area (Å²) in [6.07, 6.45) is 3.98.